The number of nitrogen functional groups attached to an aromatic ring is 1. The second-order valence-electron chi connectivity index (χ2n) is 3.71. The Labute approximate surface area is 97.6 Å². The highest BCUT2D eigenvalue weighted by Gasteiger charge is 2.17. The van der Waals surface area contributed by atoms with E-state index < -0.39 is 6.04 Å². The van der Waals surface area contributed by atoms with E-state index in [1.54, 1.807) is 32.2 Å². The summed E-state index contributed by atoms with van der Waals surface area (Å²) in [5, 5.41) is 10.3. The lowest BCUT2D eigenvalue weighted by Gasteiger charge is -2.10. The van der Waals surface area contributed by atoms with Crippen molar-refractivity contribution in [1.82, 2.24) is 14.9 Å². The molecule has 1 amide bonds. The monoisotopic (exact) mass is 235 g/mol. The van der Waals surface area contributed by atoms with Crippen molar-refractivity contribution in [2.24, 2.45) is 0 Å². The molecule has 0 bridgehead atoms. The van der Waals surface area contributed by atoms with E-state index in [2.05, 4.69) is 15.6 Å². The number of anilines is 2. The SMILES string of the molecule is Cc1cc(NC(=O)C(C)n2ccc(N)n2)no1. The van der Waals surface area contributed by atoms with Gasteiger partial charge in [-0.25, -0.2) is 0 Å². The van der Waals surface area contributed by atoms with Crippen LogP contribution in [0.25, 0.3) is 0 Å². The molecule has 7 nitrogen and oxygen atoms in total. The number of aromatic nitrogens is 3. The summed E-state index contributed by atoms with van der Waals surface area (Å²) in [6.45, 7) is 3.47. The minimum absolute atomic E-state index is 0.235. The summed E-state index contributed by atoms with van der Waals surface area (Å²) in [5.41, 5.74) is 5.48. The second-order valence-corrected chi connectivity index (χ2v) is 3.71. The second kappa shape index (κ2) is 4.28. The van der Waals surface area contributed by atoms with Gasteiger partial charge in [0.2, 0.25) is 5.91 Å². The molecule has 0 spiro atoms. The van der Waals surface area contributed by atoms with E-state index in [-0.39, 0.29) is 5.91 Å². The topological polar surface area (TPSA) is 99.0 Å². The van der Waals surface area contributed by atoms with Gasteiger partial charge in [0.05, 0.1) is 0 Å². The smallest absolute Gasteiger partial charge is 0.250 e. The van der Waals surface area contributed by atoms with Crippen LogP contribution in [-0.2, 0) is 4.79 Å². The number of nitrogens with one attached hydrogen (secondary N) is 1. The van der Waals surface area contributed by atoms with Crippen molar-refractivity contribution in [3.05, 3.63) is 24.1 Å². The molecule has 2 aromatic heterocycles. The van der Waals surface area contributed by atoms with Crippen LogP contribution < -0.4 is 11.1 Å². The van der Waals surface area contributed by atoms with E-state index in [0.717, 1.165) is 0 Å². The van der Waals surface area contributed by atoms with Crippen molar-refractivity contribution in [3.63, 3.8) is 0 Å². The van der Waals surface area contributed by atoms with E-state index in [1.165, 1.54) is 4.68 Å². The van der Waals surface area contributed by atoms with Crippen LogP contribution in [0, 0.1) is 6.92 Å². The predicted molar refractivity (Wildman–Crippen MR) is 61.2 cm³/mol. The summed E-state index contributed by atoms with van der Waals surface area (Å²) in [5.74, 6) is 1.17. The van der Waals surface area contributed by atoms with Gasteiger partial charge in [0.15, 0.2) is 5.82 Å². The Hall–Kier alpha value is -2.31. The molecule has 2 aromatic rings. The first-order valence-corrected chi connectivity index (χ1v) is 5.11. The average Bonchev–Trinajstić information content (AvgIpc) is 2.87. The van der Waals surface area contributed by atoms with E-state index in [1.807, 2.05) is 0 Å². The summed E-state index contributed by atoms with van der Waals surface area (Å²) < 4.78 is 6.33. The average molecular weight is 235 g/mol. The van der Waals surface area contributed by atoms with Gasteiger partial charge in [0, 0.05) is 12.3 Å². The van der Waals surface area contributed by atoms with Crippen LogP contribution in [0.15, 0.2) is 22.9 Å². The molecule has 0 saturated carbocycles. The minimum Gasteiger partial charge on any atom is -0.382 e. The number of carbonyl (C=O) groups excluding carboxylic acids is 1. The maximum absolute atomic E-state index is 11.8. The number of hydrogen-bond acceptors (Lipinski definition) is 5. The number of amides is 1. The zero-order chi connectivity index (χ0) is 12.4. The van der Waals surface area contributed by atoms with Gasteiger partial charge in [-0.2, -0.15) is 5.10 Å². The quantitative estimate of drug-likeness (QED) is 0.825. The van der Waals surface area contributed by atoms with Gasteiger partial charge in [-0.15, -0.1) is 0 Å². The molecule has 17 heavy (non-hydrogen) atoms. The number of nitrogens with two attached hydrogens (primary N) is 1. The predicted octanol–water partition coefficient (Wildman–Crippen LogP) is 0.961. The molecule has 0 saturated heterocycles. The summed E-state index contributed by atoms with van der Waals surface area (Å²) >= 11 is 0. The first-order valence-electron chi connectivity index (χ1n) is 5.11. The molecule has 0 radical (unpaired) electrons. The molecule has 0 aliphatic heterocycles. The number of rotatable bonds is 3. The van der Waals surface area contributed by atoms with E-state index in [9.17, 15) is 4.79 Å². The van der Waals surface area contributed by atoms with Crippen molar-refractivity contribution in [1.29, 1.82) is 0 Å². The molecule has 0 aliphatic rings. The summed E-state index contributed by atoms with van der Waals surface area (Å²) in [4.78, 5) is 11.8. The van der Waals surface area contributed by atoms with Crippen LogP contribution in [0.1, 0.15) is 18.7 Å². The first kappa shape index (κ1) is 11.2. The van der Waals surface area contributed by atoms with Crippen LogP contribution in [0.5, 0.6) is 0 Å². The molecule has 0 aromatic carbocycles. The van der Waals surface area contributed by atoms with Gasteiger partial charge in [-0.1, -0.05) is 5.16 Å². The van der Waals surface area contributed by atoms with Crippen LogP contribution in [0.2, 0.25) is 0 Å². The standard InChI is InChI=1S/C10H13N5O2/c1-6-5-9(14-17-6)12-10(16)7(2)15-4-3-8(11)13-15/h3-5,7H,1-2H3,(H2,11,13)(H,12,14,16). The van der Waals surface area contributed by atoms with Gasteiger partial charge in [-0.3, -0.25) is 9.48 Å². The third-order valence-corrected chi connectivity index (χ3v) is 2.28. The molecule has 3 N–H and O–H groups in total. The Morgan fingerprint density at radius 3 is 2.94 bits per heavy atom. The summed E-state index contributed by atoms with van der Waals surface area (Å²) in [6, 6.07) is 2.80. The number of nitrogens with zero attached hydrogens (tertiary/aromatic N) is 3. The lowest BCUT2D eigenvalue weighted by Crippen LogP contribution is -2.24. The highest BCUT2D eigenvalue weighted by Crippen LogP contribution is 2.12. The third kappa shape index (κ3) is 2.44. The number of aryl methyl sites for hydroxylation is 1. The fourth-order valence-corrected chi connectivity index (χ4v) is 1.34. The van der Waals surface area contributed by atoms with Crippen LogP contribution in [-0.4, -0.2) is 20.8 Å². The highest BCUT2D eigenvalue weighted by atomic mass is 16.5. The van der Waals surface area contributed by atoms with Crippen molar-refractivity contribution < 1.29 is 9.32 Å². The van der Waals surface area contributed by atoms with Crippen LogP contribution >= 0.6 is 0 Å². The van der Waals surface area contributed by atoms with Gasteiger partial charge in [0.25, 0.3) is 0 Å². The van der Waals surface area contributed by atoms with Gasteiger partial charge < -0.3 is 15.6 Å². The molecule has 2 heterocycles. The molecular weight excluding hydrogens is 222 g/mol. The Morgan fingerprint density at radius 1 is 1.65 bits per heavy atom. The van der Waals surface area contributed by atoms with E-state index in [4.69, 9.17) is 10.3 Å². The molecule has 0 fully saturated rings. The zero-order valence-corrected chi connectivity index (χ0v) is 9.54. The molecular formula is C10H13N5O2. The lowest BCUT2D eigenvalue weighted by atomic mass is 10.3. The molecule has 1 unspecified atom stereocenters. The van der Waals surface area contributed by atoms with Crippen LogP contribution in [0.4, 0.5) is 11.6 Å². The Balaban J connectivity index is 2.05. The van der Waals surface area contributed by atoms with Crippen molar-refractivity contribution in [3.8, 4) is 0 Å². The number of carbonyl (C=O) groups is 1. The highest BCUT2D eigenvalue weighted by molar-refractivity contribution is 5.92. The zero-order valence-electron chi connectivity index (χ0n) is 9.54. The maximum atomic E-state index is 11.8. The van der Waals surface area contributed by atoms with Gasteiger partial charge in [0.1, 0.15) is 17.6 Å². The molecule has 7 heteroatoms. The summed E-state index contributed by atoms with van der Waals surface area (Å²) in [6.07, 6.45) is 1.65. The van der Waals surface area contributed by atoms with Gasteiger partial charge >= 0.3 is 0 Å². The molecule has 0 aliphatic carbocycles. The summed E-state index contributed by atoms with van der Waals surface area (Å²) in [7, 11) is 0. The fourth-order valence-electron chi connectivity index (χ4n) is 1.34. The molecule has 90 valence electrons. The van der Waals surface area contributed by atoms with E-state index in [0.29, 0.717) is 17.4 Å². The Morgan fingerprint density at radius 2 is 2.41 bits per heavy atom. The van der Waals surface area contributed by atoms with Crippen molar-refractivity contribution in [2.75, 3.05) is 11.1 Å². The maximum Gasteiger partial charge on any atom is 0.250 e. The number of hydrogen-bond donors (Lipinski definition) is 2. The lowest BCUT2D eigenvalue weighted by molar-refractivity contribution is -0.119. The first-order chi connectivity index (χ1) is 8.06. The third-order valence-electron chi connectivity index (χ3n) is 2.28. The van der Waals surface area contributed by atoms with Crippen molar-refractivity contribution in [2.45, 2.75) is 19.9 Å². The molecule has 1 atom stereocenters. The largest absolute Gasteiger partial charge is 0.382 e. The normalized spacial score (nSPS) is 12.4. The Bertz CT molecular complexity index is 530. The fraction of sp³-hybridized carbons (Fsp3) is 0.300. The van der Waals surface area contributed by atoms with Crippen molar-refractivity contribution >= 4 is 17.5 Å². The van der Waals surface area contributed by atoms with Gasteiger partial charge in [-0.05, 0) is 19.9 Å². The Kier molecular flexibility index (Phi) is 2.82. The minimum atomic E-state index is -0.468. The van der Waals surface area contributed by atoms with E-state index >= 15 is 0 Å². The van der Waals surface area contributed by atoms with Crippen LogP contribution in [0.3, 0.4) is 0 Å². The molecule has 2 rings (SSSR count).